The van der Waals surface area contributed by atoms with Crippen LogP contribution in [0.2, 0.25) is 0 Å². The van der Waals surface area contributed by atoms with Gasteiger partial charge < -0.3 is 4.74 Å². The Balaban J connectivity index is 0.00000162. The van der Waals surface area contributed by atoms with Crippen LogP contribution >= 0.6 is 0 Å². The Hall–Kier alpha value is 0.0800. The summed E-state index contributed by atoms with van der Waals surface area (Å²) in [5, 5.41) is 0. The first-order valence-electron chi connectivity index (χ1n) is 5.46. The van der Waals surface area contributed by atoms with Crippen molar-refractivity contribution in [3.63, 3.8) is 0 Å². The van der Waals surface area contributed by atoms with E-state index >= 15 is 0 Å². The van der Waals surface area contributed by atoms with Crippen molar-refractivity contribution in [2.24, 2.45) is 0 Å². The first kappa shape index (κ1) is 19.1. The molecule has 0 aromatic carbocycles. The summed E-state index contributed by atoms with van der Waals surface area (Å²) in [4.78, 5) is 47.1. The number of imide groups is 2. The fourth-order valence-corrected chi connectivity index (χ4v) is 1.87. The average Bonchev–Trinajstić information content (AvgIpc) is 2.86. The number of rotatable bonds is 0. The molecule has 0 radical (unpaired) electrons. The predicted molar refractivity (Wildman–Crippen MR) is 68.1 cm³/mol. The number of nitrogens with zero attached hydrogens (tertiary/aromatic N) is 2. The first-order valence-corrected chi connectivity index (χ1v) is 5.46. The topological polar surface area (TPSA) is 84.0 Å². The van der Waals surface area contributed by atoms with Gasteiger partial charge >= 0.3 is 71.3 Å². The molecule has 96 valence electrons. The third kappa shape index (κ3) is 4.54. The molecule has 4 amide bonds. The SMILES string of the molecule is O=C1CCCN1C(=O)OC(=O)N1CCCC1=O.[NaH].[NaH]. The fraction of sp³-hybridized carbons (Fsp3) is 0.600. The monoisotopic (exact) mass is 288 g/mol. The van der Waals surface area contributed by atoms with E-state index in [2.05, 4.69) is 4.74 Å². The van der Waals surface area contributed by atoms with Crippen LogP contribution in [0.15, 0.2) is 0 Å². The van der Waals surface area contributed by atoms with Crippen LogP contribution in [0.25, 0.3) is 0 Å². The first-order chi connectivity index (χ1) is 8.09. The molecule has 0 unspecified atom stereocenters. The number of carbonyl (C=O) groups is 4. The van der Waals surface area contributed by atoms with Crippen molar-refractivity contribution in [1.82, 2.24) is 9.80 Å². The summed E-state index contributed by atoms with van der Waals surface area (Å²) in [6.45, 7) is 0.526. The number of hydrogen-bond donors (Lipinski definition) is 0. The summed E-state index contributed by atoms with van der Waals surface area (Å²) >= 11 is 0. The number of likely N-dealkylation sites (tertiary alicyclic amines) is 2. The molecule has 0 aromatic rings. The maximum atomic E-state index is 11.5. The second-order valence-electron chi connectivity index (χ2n) is 3.93. The van der Waals surface area contributed by atoms with Crippen molar-refractivity contribution in [2.75, 3.05) is 13.1 Å². The van der Waals surface area contributed by atoms with Gasteiger partial charge in [0.05, 0.1) is 0 Å². The zero-order valence-corrected chi connectivity index (χ0v) is 9.18. The van der Waals surface area contributed by atoms with Gasteiger partial charge in [-0.3, -0.25) is 9.59 Å². The van der Waals surface area contributed by atoms with Gasteiger partial charge in [-0.2, -0.15) is 0 Å². The molecule has 2 rings (SSSR count). The van der Waals surface area contributed by atoms with Crippen LogP contribution in [0.1, 0.15) is 25.7 Å². The molecule has 2 fully saturated rings. The van der Waals surface area contributed by atoms with Crippen LogP contribution in [0.3, 0.4) is 0 Å². The molecule has 0 N–H and O–H groups in total. The van der Waals surface area contributed by atoms with Crippen LogP contribution in [-0.2, 0) is 14.3 Å². The van der Waals surface area contributed by atoms with E-state index in [1.807, 2.05) is 0 Å². The Morgan fingerprint density at radius 1 is 0.842 bits per heavy atom. The van der Waals surface area contributed by atoms with Crippen molar-refractivity contribution >= 4 is 83.1 Å². The average molecular weight is 288 g/mol. The molecular formula is C10H14N2Na2O5. The van der Waals surface area contributed by atoms with E-state index in [-0.39, 0.29) is 96.9 Å². The molecule has 0 atom stereocenters. The predicted octanol–water partition coefficient (Wildman–Crippen LogP) is -0.809. The Labute approximate surface area is 154 Å². The van der Waals surface area contributed by atoms with Crippen LogP contribution in [0.4, 0.5) is 9.59 Å². The fourth-order valence-electron chi connectivity index (χ4n) is 1.87. The number of amides is 4. The van der Waals surface area contributed by atoms with Gasteiger partial charge in [0.25, 0.3) is 0 Å². The summed E-state index contributed by atoms with van der Waals surface area (Å²) in [5.74, 6) is -0.703. The van der Waals surface area contributed by atoms with Crippen molar-refractivity contribution in [3.8, 4) is 0 Å². The molecule has 0 spiro atoms. The van der Waals surface area contributed by atoms with E-state index in [0.717, 1.165) is 9.80 Å². The zero-order valence-electron chi connectivity index (χ0n) is 9.18. The number of carbonyl (C=O) groups excluding carboxylic acids is 4. The third-order valence-electron chi connectivity index (χ3n) is 2.76. The molecule has 9 heteroatoms. The van der Waals surface area contributed by atoms with E-state index in [4.69, 9.17) is 0 Å². The second kappa shape index (κ2) is 8.39. The van der Waals surface area contributed by atoms with Gasteiger partial charge in [-0.05, 0) is 12.8 Å². The Kier molecular flexibility index (Phi) is 8.42. The third-order valence-corrected chi connectivity index (χ3v) is 2.76. The van der Waals surface area contributed by atoms with Crippen molar-refractivity contribution in [1.29, 1.82) is 0 Å². The minimum atomic E-state index is -0.989. The minimum absolute atomic E-state index is 0. The van der Waals surface area contributed by atoms with E-state index in [1.54, 1.807) is 0 Å². The van der Waals surface area contributed by atoms with Crippen LogP contribution < -0.4 is 0 Å². The molecule has 2 heterocycles. The van der Waals surface area contributed by atoms with E-state index in [1.165, 1.54) is 0 Å². The summed E-state index contributed by atoms with van der Waals surface area (Å²) in [6.07, 6.45) is -0.262. The van der Waals surface area contributed by atoms with Crippen molar-refractivity contribution in [2.45, 2.75) is 25.7 Å². The Bertz CT molecular complexity index is 365. The standard InChI is InChI=1S/C10H12N2O5.2Na.2H/c13-7-3-1-5-11(7)9(15)17-10(16)12-6-2-4-8(12)14;;;;/h1-6H2;;;;. The zero-order chi connectivity index (χ0) is 12.4. The van der Waals surface area contributed by atoms with E-state index in [0.29, 0.717) is 12.8 Å². The number of hydrogen-bond acceptors (Lipinski definition) is 5. The molecule has 19 heavy (non-hydrogen) atoms. The normalized spacial score (nSPS) is 17.9. The molecule has 2 saturated heterocycles. The van der Waals surface area contributed by atoms with Crippen molar-refractivity contribution in [3.05, 3.63) is 0 Å². The summed E-state index contributed by atoms with van der Waals surface area (Å²) in [5.41, 5.74) is 0. The molecule has 0 bridgehead atoms. The van der Waals surface area contributed by atoms with Crippen molar-refractivity contribution < 1.29 is 23.9 Å². The van der Waals surface area contributed by atoms with Crippen LogP contribution in [-0.4, -0.2) is 106 Å². The van der Waals surface area contributed by atoms with Gasteiger partial charge in [-0.25, -0.2) is 19.4 Å². The van der Waals surface area contributed by atoms with Gasteiger partial charge in [0.15, 0.2) is 0 Å². The van der Waals surface area contributed by atoms with Crippen LogP contribution in [0, 0.1) is 0 Å². The van der Waals surface area contributed by atoms with E-state index in [9.17, 15) is 19.2 Å². The molecule has 2 aliphatic rings. The Morgan fingerprint density at radius 2 is 1.21 bits per heavy atom. The van der Waals surface area contributed by atoms with Gasteiger partial charge in [0, 0.05) is 25.9 Å². The second-order valence-corrected chi connectivity index (χ2v) is 3.93. The summed E-state index contributed by atoms with van der Waals surface area (Å²) in [6, 6.07) is 0. The Morgan fingerprint density at radius 3 is 1.47 bits per heavy atom. The molecule has 7 nitrogen and oxygen atoms in total. The van der Waals surface area contributed by atoms with Gasteiger partial charge in [-0.1, -0.05) is 0 Å². The van der Waals surface area contributed by atoms with Gasteiger partial charge in [0.2, 0.25) is 11.8 Å². The van der Waals surface area contributed by atoms with Gasteiger partial charge in [-0.15, -0.1) is 0 Å². The maximum absolute atomic E-state index is 11.5. The number of ether oxygens (including phenoxy) is 1. The van der Waals surface area contributed by atoms with Gasteiger partial charge in [0.1, 0.15) is 0 Å². The summed E-state index contributed by atoms with van der Waals surface area (Å²) < 4.78 is 4.49. The molecule has 2 aliphatic heterocycles. The molecule has 0 aromatic heterocycles. The molecule has 0 aliphatic carbocycles. The molecular weight excluding hydrogens is 274 g/mol. The van der Waals surface area contributed by atoms with Crippen LogP contribution in [0.5, 0.6) is 0 Å². The van der Waals surface area contributed by atoms with E-state index < -0.39 is 12.2 Å². The quantitative estimate of drug-likeness (QED) is 0.430. The molecule has 0 saturated carbocycles. The summed E-state index contributed by atoms with van der Waals surface area (Å²) in [7, 11) is 0.